The number of nitrogens with one attached hydrogen (secondary N) is 2. The van der Waals surface area contributed by atoms with Gasteiger partial charge in [-0.1, -0.05) is 18.2 Å². The van der Waals surface area contributed by atoms with Crippen molar-refractivity contribution in [1.82, 2.24) is 15.3 Å². The number of hydrogen-bond donors (Lipinski definition) is 2. The van der Waals surface area contributed by atoms with Crippen molar-refractivity contribution in [1.29, 1.82) is 0 Å². The molecular formula is C21H26N4O4. The number of fused-ring (bicyclic) bond motifs is 1. The standard InChI is InChI=1S/C21H26N4O4/c1-13-5-19(25-21(24-13)27-2)22-9-18-7-17(12-29-18)20(26)23-8-14-3-4-15-10-28-11-16(15)6-14/h3-6,17-18H,7-12H2,1-2H3,(H,23,26)(H,22,24,25)/t17-,18-/m0/s1. The molecule has 8 nitrogen and oxygen atoms in total. The third kappa shape index (κ3) is 4.83. The Morgan fingerprint density at radius 1 is 1.24 bits per heavy atom. The van der Waals surface area contributed by atoms with Crippen LogP contribution in [-0.4, -0.2) is 42.2 Å². The average molecular weight is 398 g/mol. The highest BCUT2D eigenvalue weighted by Crippen LogP contribution is 2.22. The number of aromatic nitrogens is 2. The topological polar surface area (TPSA) is 94.6 Å². The van der Waals surface area contributed by atoms with E-state index in [2.05, 4.69) is 32.7 Å². The number of anilines is 1. The molecular weight excluding hydrogens is 372 g/mol. The van der Waals surface area contributed by atoms with E-state index in [1.807, 2.05) is 19.1 Å². The van der Waals surface area contributed by atoms with Crippen LogP contribution in [-0.2, 0) is 34.0 Å². The van der Waals surface area contributed by atoms with Crippen LogP contribution in [0.4, 0.5) is 5.82 Å². The molecule has 0 aliphatic carbocycles. The van der Waals surface area contributed by atoms with E-state index in [1.165, 1.54) is 11.1 Å². The van der Waals surface area contributed by atoms with Crippen LogP contribution < -0.4 is 15.4 Å². The molecule has 1 fully saturated rings. The first kappa shape index (κ1) is 19.6. The second-order valence-corrected chi connectivity index (χ2v) is 7.46. The van der Waals surface area contributed by atoms with Crippen LogP contribution in [0.25, 0.3) is 0 Å². The van der Waals surface area contributed by atoms with E-state index in [-0.39, 0.29) is 17.9 Å². The van der Waals surface area contributed by atoms with E-state index in [0.717, 1.165) is 11.3 Å². The molecule has 2 aliphatic heterocycles. The third-order valence-electron chi connectivity index (χ3n) is 5.23. The Hall–Kier alpha value is -2.71. The van der Waals surface area contributed by atoms with Crippen LogP contribution in [0.2, 0.25) is 0 Å². The zero-order valence-corrected chi connectivity index (χ0v) is 16.7. The predicted molar refractivity (Wildman–Crippen MR) is 106 cm³/mol. The minimum absolute atomic E-state index is 0.0313. The number of amides is 1. The monoisotopic (exact) mass is 398 g/mol. The Kier molecular flexibility index (Phi) is 5.92. The molecule has 0 saturated carbocycles. The van der Waals surface area contributed by atoms with E-state index < -0.39 is 0 Å². The fourth-order valence-corrected chi connectivity index (χ4v) is 3.64. The minimum atomic E-state index is -0.138. The molecule has 0 bridgehead atoms. The van der Waals surface area contributed by atoms with Crippen LogP contribution in [0.1, 0.15) is 28.8 Å². The van der Waals surface area contributed by atoms with Gasteiger partial charge in [-0.05, 0) is 30.0 Å². The Balaban J connectivity index is 1.24. The van der Waals surface area contributed by atoms with Crippen LogP contribution in [0.5, 0.6) is 6.01 Å². The van der Waals surface area contributed by atoms with Crippen molar-refractivity contribution in [3.05, 3.63) is 46.6 Å². The zero-order chi connectivity index (χ0) is 20.2. The number of hydrogen-bond acceptors (Lipinski definition) is 7. The second-order valence-electron chi connectivity index (χ2n) is 7.46. The first-order valence-corrected chi connectivity index (χ1v) is 9.82. The van der Waals surface area contributed by atoms with Crippen LogP contribution in [0, 0.1) is 12.8 Å². The van der Waals surface area contributed by atoms with Gasteiger partial charge in [0.1, 0.15) is 5.82 Å². The number of nitrogens with zero attached hydrogens (tertiary/aromatic N) is 2. The lowest BCUT2D eigenvalue weighted by Crippen LogP contribution is -2.31. The molecule has 1 aromatic carbocycles. The van der Waals surface area contributed by atoms with Gasteiger partial charge in [-0.2, -0.15) is 4.98 Å². The van der Waals surface area contributed by atoms with Crippen LogP contribution in [0.3, 0.4) is 0 Å². The van der Waals surface area contributed by atoms with Gasteiger partial charge in [-0.15, -0.1) is 0 Å². The number of aryl methyl sites for hydroxylation is 1. The summed E-state index contributed by atoms with van der Waals surface area (Å²) < 4.78 is 16.3. The highest BCUT2D eigenvalue weighted by molar-refractivity contribution is 5.79. The van der Waals surface area contributed by atoms with Gasteiger partial charge in [0.15, 0.2) is 0 Å². The molecule has 154 valence electrons. The van der Waals surface area contributed by atoms with E-state index in [9.17, 15) is 4.79 Å². The Morgan fingerprint density at radius 3 is 2.97 bits per heavy atom. The average Bonchev–Trinajstić information content (AvgIpc) is 3.39. The summed E-state index contributed by atoms with van der Waals surface area (Å²) in [7, 11) is 1.54. The van der Waals surface area contributed by atoms with Crippen LogP contribution in [0.15, 0.2) is 24.3 Å². The fourth-order valence-electron chi connectivity index (χ4n) is 3.64. The maximum absolute atomic E-state index is 12.5. The van der Waals surface area contributed by atoms with Gasteiger partial charge in [-0.25, -0.2) is 4.98 Å². The lowest BCUT2D eigenvalue weighted by Gasteiger charge is -2.13. The number of methoxy groups -OCH3 is 1. The van der Waals surface area contributed by atoms with Crippen molar-refractivity contribution in [2.45, 2.75) is 39.2 Å². The maximum atomic E-state index is 12.5. The SMILES string of the molecule is COc1nc(C)cc(NC[C@@H]2C[C@H](C(=O)NCc3ccc4c(c3)COC4)CO2)n1. The van der Waals surface area contributed by atoms with E-state index in [1.54, 1.807) is 7.11 Å². The summed E-state index contributed by atoms with van der Waals surface area (Å²) >= 11 is 0. The normalized spacial score (nSPS) is 20.3. The summed E-state index contributed by atoms with van der Waals surface area (Å²) in [6.07, 6.45) is 0.641. The van der Waals surface area contributed by atoms with Gasteiger partial charge in [0, 0.05) is 24.8 Å². The van der Waals surface area contributed by atoms with Crippen molar-refractivity contribution in [3.63, 3.8) is 0 Å². The summed E-state index contributed by atoms with van der Waals surface area (Å²) in [4.78, 5) is 21.0. The van der Waals surface area contributed by atoms with Crippen molar-refractivity contribution < 1.29 is 19.0 Å². The molecule has 2 aromatic rings. The van der Waals surface area contributed by atoms with Crippen LogP contribution >= 0.6 is 0 Å². The smallest absolute Gasteiger partial charge is 0.318 e. The number of carbonyl (C=O) groups excluding carboxylic acids is 1. The minimum Gasteiger partial charge on any atom is -0.467 e. The molecule has 0 radical (unpaired) electrons. The Labute approximate surface area is 170 Å². The summed E-state index contributed by atoms with van der Waals surface area (Å²) in [6, 6.07) is 8.41. The summed E-state index contributed by atoms with van der Waals surface area (Å²) in [5, 5.41) is 6.28. The zero-order valence-electron chi connectivity index (χ0n) is 16.7. The summed E-state index contributed by atoms with van der Waals surface area (Å²) in [5.41, 5.74) is 4.36. The number of carbonyl (C=O) groups is 1. The van der Waals surface area contributed by atoms with Gasteiger partial charge in [0.25, 0.3) is 0 Å². The van der Waals surface area contributed by atoms with Gasteiger partial charge >= 0.3 is 6.01 Å². The molecule has 3 heterocycles. The number of benzene rings is 1. The van der Waals surface area contributed by atoms with Crippen molar-refractivity contribution in [3.8, 4) is 6.01 Å². The van der Waals surface area contributed by atoms with E-state index >= 15 is 0 Å². The first-order valence-electron chi connectivity index (χ1n) is 9.82. The molecule has 1 saturated heterocycles. The summed E-state index contributed by atoms with van der Waals surface area (Å²) in [6.45, 7) is 4.75. The largest absolute Gasteiger partial charge is 0.467 e. The molecule has 1 aromatic heterocycles. The predicted octanol–water partition coefficient (Wildman–Crippen LogP) is 1.96. The lowest BCUT2D eigenvalue weighted by atomic mass is 10.0. The lowest BCUT2D eigenvalue weighted by molar-refractivity contribution is -0.125. The van der Waals surface area contributed by atoms with E-state index in [0.29, 0.717) is 51.2 Å². The second kappa shape index (κ2) is 8.75. The fraction of sp³-hybridized carbons (Fsp3) is 0.476. The summed E-state index contributed by atoms with van der Waals surface area (Å²) in [5.74, 6) is 0.580. The molecule has 2 aliphatic rings. The molecule has 0 spiro atoms. The van der Waals surface area contributed by atoms with Gasteiger partial charge < -0.3 is 24.8 Å². The molecule has 29 heavy (non-hydrogen) atoms. The number of rotatable bonds is 7. The molecule has 0 unspecified atom stereocenters. The number of ether oxygens (including phenoxy) is 3. The maximum Gasteiger partial charge on any atom is 0.318 e. The highest BCUT2D eigenvalue weighted by Gasteiger charge is 2.30. The molecule has 8 heteroatoms. The molecule has 4 rings (SSSR count). The first-order chi connectivity index (χ1) is 14.1. The quantitative estimate of drug-likeness (QED) is 0.736. The molecule has 1 amide bonds. The molecule has 2 N–H and O–H groups in total. The molecule has 2 atom stereocenters. The van der Waals surface area contributed by atoms with E-state index in [4.69, 9.17) is 14.2 Å². The van der Waals surface area contributed by atoms with Crippen molar-refractivity contribution in [2.75, 3.05) is 25.6 Å². The van der Waals surface area contributed by atoms with Gasteiger partial charge in [-0.3, -0.25) is 4.79 Å². The van der Waals surface area contributed by atoms with Crippen molar-refractivity contribution in [2.24, 2.45) is 5.92 Å². The third-order valence-corrected chi connectivity index (χ3v) is 5.23. The Morgan fingerprint density at radius 2 is 2.10 bits per heavy atom. The van der Waals surface area contributed by atoms with Gasteiger partial charge in [0.2, 0.25) is 5.91 Å². The highest BCUT2D eigenvalue weighted by atomic mass is 16.5. The van der Waals surface area contributed by atoms with Gasteiger partial charge in [0.05, 0.1) is 39.0 Å². The van der Waals surface area contributed by atoms with Crippen molar-refractivity contribution >= 4 is 11.7 Å². The Bertz CT molecular complexity index is 889.